The Morgan fingerprint density at radius 1 is 0.941 bits per heavy atom. The summed E-state index contributed by atoms with van der Waals surface area (Å²) in [6.07, 6.45) is 3.16. The lowest BCUT2D eigenvalue weighted by atomic mass is 10.1. The van der Waals surface area contributed by atoms with Crippen molar-refractivity contribution in [2.75, 3.05) is 0 Å². The molecule has 0 bridgehead atoms. The standard InChI is InChI=1S/C15H13BrO/c16-14-9-6-12(7-10-14)8-11-15(17)13-4-2-1-3-5-13/h1-11,15,17H/b11-8+. The molecule has 0 spiro atoms. The first-order chi connectivity index (χ1) is 8.25. The molecule has 0 fully saturated rings. The van der Waals surface area contributed by atoms with E-state index in [1.54, 1.807) is 6.08 Å². The minimum atomic E-state index is -0.556. The molecule has 2 aromatic carbocycles. The van der Waals surface area contributed by atoms with Crippen molar-refractivity contribution in [1.29, 1.82) is 0 Å². The van der Waals surface area contributed by atoms with E-state index in [0.717, 1.165) is 15.6 Å². The van der Waals surface area contributed by atoms with Gasteiger partial charge in [-0.15, -0.1) is 0 Å². The van der Waals surface area contributed by atoms with Crippen LogP contribution >= 0.6 is 15.9 Å². The summed E-state index contributed by atoms with van der Waals surface area (Å²) in [4.78, 5) is 0. The van der Waals surface area contributed by atoms with E-state index in [4.69, 9.17) is 0 Å². The molecule has 0 aliphatic rings. The van der Waals surface area contributed by atoms with Crippen LogP contribution in [0, 0.1) is 0 Å². The predicted octanol–water partition coefficient (Wildman–Crippen LogP) is 4.20. The van der Waals surface area contributed by atoms with Crippen LogP contribution in [0.4, 0.5) is 0 Å². The lowest BCUT2D eigenvalue weighted by Gasteiger charge is -2.04. The lowest BCUT2D eigenvalue weighted by molar-refractivity contribution is 0.229. The smallest absolute Gasteiger partial charge is 0.0975 e. The summed E-state index contributed by atoms with van der Waals surface area (Å²) in [5, 5.41) is 9.94. The van der Waals surface area contributed by atoms with Gasteiger partial charge in [0, 0.05) is 4.47 Å². The van der Waals surface area contributed by atoms with Crippen molar-refractivity contribution in [1.82, 2.24) is 0 Å². The van der Waals surface area contributed by atoms with Crippen LogP contribution in [-0.2, 0) is 0 Å². The van der Waals surface area contributed by atoms with Gasteiger partial charge in [-0.1, -0.05) is 70.5 Å². The van der Waals surface area contributed by atoms with Crippen molar-refractivity contribution in [2.45, 2.75) is 6.10 Å². The molecule has 0 saturated heterocycles. The molecule has 1 atom stereocenters. The van der Waals surface area contributed by atoms with Gasteiger partial charge in [0.1, 0.15) is 0 Å². The van der Waals surface area contributed by atoms with E-state index < -0.39 is 6.10 Å². The van der Waals surface area contributed by atoms with Gasteiger partial charge in [-0.2, -0.15) is 0 Å². The number of hydrogen-bond donors (Lipinski definition) is 1. The third-order valence-electron chi connectivity index (χ3n) is 2.48. The van der Waals surface area contributed by atoms with Gasteiger partial charge in [-0.3, -0.25) is 0 Å². The van der Waals surface area contributed by atoms with Crippen LogP contribution in [0.5, 0.6) is 0 Å². The van der Waals surface area contributed by atoms with Crippen molar-refractivity contribution in [2.24, 2.45) is 0 Å². The van der Waals surface area contributed by atoms with Gasteiger partial charge >= 0.3 is 0 Å². The summed E-state index contributed by atoms with van der Waals surface area (Å²) < 4.78 is 1.05. The summed E-state index contributed by atoms with van der Waals surface area (Å²) in [7, 11) is 0. The highest BCUT2D eigenvalue weighted by molar-refractivity contribution is 9.10. The highest BCUT2D eigenvalue weighted by Gasteiger charge is 2.00. The average Bonchev–Trinajstić information content (AvgIpc) is 2.39. The fourth-order valence-electron chi connectivity index (χ4n) is 1.54. The number of rotatable bonds is 3. The maximum Gasteiger partial charge on any atom is 0.0975 e. The van der Waals surface area contributed by atoms with E-state index in [1.165, 1.54) is 0 Å². The van der Waals surface area contributed by atoms with Crippen molar-refractivity contribution < 1.29 is 5.11 Å². The van der Waals surface area contributed by atoms with Crippen LogP contribution in [0.25, 0.3) is 6.08 Å². The Hall–Kier alpha value is -1.38. The monoisotopic (exact) mass is 288 g/mol. The minimum absolute atomic E-state index is 0.556. The fraction of sp³-hybridized carbons (Fsp3) is 0.0667. The summed E-state index contributed by atoms with van der Waals surface area (Å²) in [6.45, 7) is 0. The van der Waals surface area contributed by atoms with Gasteiger partial charge in [0.2, 0.25) is 0 Å². The summed E-state index contributed by atoms with van der Waals surface area (Å²) in [5.74, 6) is 0. The van der Waals surface area contributed by atoms with Crippen LogP contribution < -0.4 is 0 Å². The van der Waals surface area contributed by atoms with E-state index in [-0.39, 0.29) is 0 Å². The first-order valence-electron chi connectivity index (χ1n) is 5.42. The molecule has 1 nitrogen and oxygen atoms in total. The number of benzene rings is 2. The Balaban J connectivity index is 2.08. The Kier molecular flexibility index (Phi) is 4.13. The highest BCUT2D eigenvalue weighted by atomic mass is 79.9. The zero-order valence-electron chi connectivity index (χ0n) is 9.25. The second-order valence-electron chi connectivity index (χ2n) is 3.77. The maximum absolute atomic E-state index is 9.94. The van der Waals surface area contributed by atoms with Gasteiger partial charge < -0.3 is 5.11 Å². The quantitative estimate of drug-likeness (QED) is 0.898. The van der Waals surface area contributed by atoms with Crippen molar-refractivity contribution >= 4 is 22.0 Å². The summed E-state index contributed by atoms with van der Waals surface area (Å²) >= 11 is 3.39. The molecule has 0 aliphatic heterocycles. The average molecular weight is 289 g/mol. The van der Waals surface area contributed by atoms with Crippen LogP contribution in [-0.4, -0.2) is 5.11 Å². The van der Waals surface area contributed by atoms with Gasteiger partial charge in [0.25, 0.3) is 0 Å². The van der Waals surface area contributed by atoms with Crippen LogP contribution in [0.2, 0.25) is 0 Å². The molecule has 0 heterocycles. The maximum atomic E-state index is 9.94. The second kappa shape index (κ2) is 5.80. The molecule has 0 radical (unpaired) electrons. The van der Waals surface area contributed by atoms with E-state index >= 15 is 0 Å². The summed E-state index contributed by atoms with van der Waals surface area (Å²) in [6, 6.07) is 17.6. The zero-order valence-corrected chi connectivity index (χ0v) is 10.8. The van der Waals surface area contributed by atoms with Gasteiger partial charge in [0.15, 0.2) is 0 Å². The van der Waals surface area contributed by atoms with E-state index in [0.29, 0.717) is 0 Å². The van der Waals surface area contributed by atoms with Gasteiger partial charge in [-0.25, -0.2) is 0 Å². The minimum Gasteiger partial charge on any atom is -0.384 e. The molecule has 2 aromatic rings. The zero-order chi connectivity index (χ0) is 12.1. The van der Waals surface area contributed by atoms with Crippen LogP contribution in [0.1, 0.15) is 17.2 Å². The molecule has 86 valence electrons. The Labute approximate surface area is 110 Å². The molecule has 2 rings (SSSR count). The molecule has 0 saturated carbocycles. The Morgan fingerprint density at radius 2 is 1.59 bits per heavy atom. The second-order valence-corrected chi connectivity index (χ2v) is 4.68. The van der Waals surface area contributed by atoms with Gasteiger partial charge in [0.05, 0.1) is 6.10 Å². The normalized spacial score (nSPS) is 12.8. The predicted molar refractivity (Wildman–Crippen MR) is 74.6 cm³/mol. The highest BCUT2D eigenvalue weighted by Crippen LogP contribution is 2.16. The fourth-order valence-corrected chi connectivity index (χ4v) is 1.80. The van der Waals surface area contributed by atoms with Crippen LogP contribution in [0.3, 0.4) is 0 Å². The first-order valence-corrected chi connectivity index (χ1v) is 6.22. The topological polar surface area (TPSA) is 20.2 Å². The molecule has 2 heteroatoms. The first kappa shape index (κ1) is 12.1. The number of halogens is 1. The van der Waals surface area contributed by atoms with Gasteiger partial charge in [-0.05, 0) is 23.3 Å². The lowest BCUT2D eigenvalue weighted by Crippen LogP contribution is -1.91. The SMILES string of the molecule is OC(/C=C/c1ccc(Br)cc1)c1ccccc1. The molecular formula is C15H13BrO. The molecule has 0 aromatic heterocycles. The van der Waals surface area contributed by atoms with Crippen molar-refractivity contribution in [3.05, 3.63) is 76.3 Å². The third kappa shape index (κ3) is 3.55. The van der Waals surface area contributed by atoms with E-state index in [1.807, 2.05) is 60.7 Å². The van der Waals surface area contributed by atoms with E-state index in [2.05, 4.69) is 15.9 Å². The molecular weight excluding hydrogens is 276 g/mol. The van der Waals surface area contributed by atoms with E-state index in [9.17, 15) is 5.11 Å². The Morgan fingerprint density at radius 3 is 2.24 bits per heavy atom. The third-order valence-corrected chi connectivity index (χ3v) is 3.01. The van der Waals surface area contributed by atoms with Crippen LogP contribution in [0.15, 0.2) is 65.1 Å². The molecule has 0 aliphatic carbocycles. The summed E-state index contributed by atoms with van der Waals surface area (Å²) in [5.41, 5.74) is 1.98. The number of hydrogen-bond acceptors (Lipinski definition) is 1. The molecule has 17 heavy (non-hydrogen) atoms. The largest absolute Gasteiger partial charge is 0.384 e. The molecule has 1 N–H and O–H groups in total. The number of aliphatic hydroxyl groups excluding tert-OH is 1. The number of aliphatic hydroxyl groups is 1. The molecule has 0 amide bonds. The van der Waals surface area contributed by atoms with Crippen molar-refractivity contribution in [3.63, 3.8) is 0 Å². The molecule has 1 unspecified atom stereocenters. The Bertz CT molecular complexity index is 488. The van der Waals surface area contributed by atoms with Crippen molar-refractivity contribution in [3.8, 4) is 0 Å².